The van der Waals surface area contributed by atoms with Crippen molar-refractivity contribution in [1.82, 2.24) is 4.90 Å². The van der Waals surface area contributed by atoms with Crippen LogP contribution in [0.4, 0.5) is 0 Å². The van der Waals surface area contributed by atoms with E-state index in [0.29, 0.717) is 5.92 Å². The van der Waals surface area contributed by atoms with Gasteiger partial charge in [-0.3, -0.25) is 4.90 Å². The van der Waals surface area contributed by atoms with Crippen LogP contribution in [0.15, 0.2) is 0 Å². The summed E-state index contributed by atoms with van der Waals surface area (Å²) in [5, 5.41) is 8.18. The second-order valence-electron chi connectivity index (χ2n) is 5.89. The fourth-order valence-corrected chi connectivity index (χ4v) is 3.20. The molecule has 1 aliphatic rings. The van der Waals surface area contributed by atoms with Gasteiger partial charge in [-0.2, -0.15) is 0 Å². The molecule has 0 aromatic carbocycles. The molecule has 3 heteroatoms. The highest BCUT2D eigenvalue weighted by molar-refractivity contribution is 5.83. The second-order valence-corrected chi connectivity index (χ2v) is 5.89. The highest BCUT2D eigenvalue weighted by Crippen LogP contribution is 2.26. The summed E-state index contributed by atoms with van der Waals surface area (Å²) >= 11 is 0. The first-order valence-electron chi connectivity index (χ1n) is 8.26. The molecule has 0 aromatic rings. The lowest BCUT2D eigenvalue weighted by Gasteiger charge is -2.26. The number of nitrogens with one attached hydrogen (secondary N) is 1. The molecule has 0 aliphatic heterocycles. The van der Waals surface area contributed by atoms with E-state index in [4.69, 9.17) is 11.1 Å². The summed E-state index contributed by atoms with van der Waals surface area (Å²) in [5.74, 6) is 0.602. The van der Waals surface area contributed by atoms with Gasteiger partial charge in [0.2, 0.25) is 0 Å². The highest BCUT2D eigenvalue weighted by atomic mass is 15.2. The van der Waals surface area contributed by atoms with Crippen molar-refractivity contribution < 1.29 is 0 Å². The monoisotopic (exact) mass is 267 g/mol. The normalized spacial score (nSPS) is 18.7. The van der Waals surface area contributed by atoms with E-state index in [9.17, 15) is 0 Å². The summed E-state index contributed by atoms with van der Waals surface area (Å²) in [6.07, 6.45) is 11.1. The van der Waals surface area contributed by atoms with Crippen molar-refractivity contribution in [3.8, 4) is 0 Å². The predicted molar refractivity (Wildman–Crippen MR) is 83.7 cm³/mol. The third-order valence-electron chi connectivity index (χ3n) is 4.58. The molecule has 0 heterocycles. The molecule has 0 spiro atoms. The first kappa shape index (κ1) is 16.6. The second kappa shape index (κ2) is 9.49. The third-order valence-corrected chi connectivity index (χ3v) is 4.58. The van der Waals surface area contributed by atoms with Crippen LogP contribution in [0.25, 0.3) is 0 Å². The van der Waals surface area contributed by atoms with E-state index >= 15 is 0 Å². The number of nitrogens with two attached hydrogens (primary N) is 1. The van der Waals surface area contributed by atoms with Crippen LogP contribution in [-0.2, 0) is 0 Å². The Hall–Kier alpha value is -0.410. The molecular formula is C16H33N3. The van der Waals surface area contributed by atoms with Crippen LogP contribution in [0.2, 0.25) is 0 Å². The Morgan fingerprint density at radius 1 is 1.16 bits per heavy atom. The zero-order valence-corrected chi connectivity index (χ0v) is 13.0. The molecular weight excluding hydrogens is 234 g/mol. The lowest BCUT2D eigenvalue weighted by molar-refractivity contribution is 0.207. The van der Waals surface area contributed by atoms with E-state index in [2.05, 4.69) is 18.7 Å². The Morgan fingerprint density at radius 2 is 1.79 bits per heavy atom. The molecule has 1 saturated carbocycles. The Kier molecular flexibility index (Phi) is 8.31. The molecule has 0 amide bonds. The predicted octanol–water partition coefficient (Wildman–Crippen LogP) is 3.77. The fraction of sp³-hybridized carbons (Fsp3) is 0.938. The Labute approximate surface area is 119 Å². The minimum atomic E-state index is 0.207. The van der Waals surface area contributed by atoms with E-state index in [1.807, 2.05) is 0 Å². The van der Waals surface area contributed by atoms with Gasteiger partial charge in [-0.1, -0.05) is 39.5 Å². The van der Waals surface area contributed by atoms with E-state index in [0.717, 1.165) is 44.5 Å². The minimum Gasteiger partial charge on any atom is -0.316 e. The van der Waals surface area contributed by atoms with Gasteiger partial charge in [0, 0.05) is 5.71 Å². The number of rotatable bonds is 9. The first-order chi connectivity index (χ1) is 9.19. The van der Waals surface area contributed by atoms with E-state index < -0.39 is 0 Å². The van der Waals surface area contributed by atoms with Crippen molar-refractivity contribution in [2.24, 2.45) is 11.7 Å². The molecule has 3 nitrogen and oxygen atoms in total. The van der Waals surface area contributed by atoms with E-state index in [1.54, 1.807) is 0 Å². The van der Waals surface area contributed by atoms with Gasteiger partial charge >= 0.3 is 0 Å². The van der Waals surface area contributed by atoms with Crippen LogP contribution < -0.4 is 5.73 Å². The van der Waals surface area contributed by atoms with Crippen LogP contribution in [-0.4, -0.2) is 29.9 Å². The quantitative estimate of drug-likeness (QED) is 0.379. The average Bonchev–Trinajstić information content (AvgIpc) is 2.45. The fourth-order valence-electron chi connectivity index (χ4n) is 3.20. The van der Waals surface area contributed by atoms with Crippen LogP contribution in [0.3, 0.4) is 0 Å². The molecule has 1 rings (SSSR count). The van der Waals surface area contributed by atoms with Gasteiger partial charge in [0.1, 0.15) is 0 Å². The molecule has 0 bridgehead atoms. The van der Waals surface area contributed by atoms with Crippen molar-refractivity contribution in [3.05, 3.63) is 0 Å². The zero-order chi connectivity index (χ0) is 14.1. The lowest BCUT2D eigenvalue weighted by atomic mass is 9.84. The summed E-state index contributed by atoms with van der Waals surface area (Å²) in [5.41, 5.74) is 7.18. The molecule has 3 N–H and O–H groups in total. The number of hydrogen-bond acceptors (Lipinski definition) is 3. The van der Waals surface area contributed by atoms with Crippen molar-refractivity contribution in [2.45, 2.75) is 77.8 Å². The molecule has 1 atom stereocenters. The van der Waals surface area contributed by atoms with Gasteiger partial charge < -0.3 is 11.1 Å². The topological polar surface area (TPSA) is 53.1 Å². The first-order valence-corrected chi connectivity index (χ1v) is 8.26. The molecule has 0 aromatic heterocycles. The maximum Gasteiger partial charge on any atom is 0.0571 e. The Balaban J connectivity index is 2.11. The SMILES string of the molecule is CCN(CC)C(N)CCCCC(=N)C1CCCCC1. The zero-order valence-electron chi connectivity index (χ0n) is 13.0. The maximum atomic E-state index is 8.18. The summed E-state index contributed by atoms with van der Waals surface area (Å²) < 4.78 is 0. The minimum absolute atomic E-state index is 0.207. The van der Waals surface area contributed by atoms with Gasteiger partial charge in [-0.05, 0) is 51.1 Å². The van der Waals surface area contributed by atoms with Gasteiger partial charge in [0.05, 0.1) is 6.17 Å². The molecule has 1 unspecified atom stereocenters. The molecule has 1 fully saturated rings. The highest BCUT2D eigenvalue weighted by Gasteiger charge is 2.17. The average molecular weight is 267 g/mol. The maximum absolute atomic E-state index is 8.18. The summed E-state index contributed by atoms with van der Waals surface area (Å²) in [7, 11) is 0. The molecule has 1 aliphatic carbocycles. The Bertz CT molecular complexity index is 242. The van der Waals surface area contributed by atoms with Gasteiger partial charge in [0.15, 0.2) is 0 Å². The van der Waals surface area contributed by atoms with Crippen molar-refractivity contribution in [3.63, 3.8) is 0 Å². The molecule has 0 saturated heterocycles. The number of nitrogens with zero attached hydrogens (tertiary/aromatic N) is 1. The summed E-state index contributed by atoms with van der Waals surface area (Å²) in [6, 6.07) is 0. The lowest BCUT2D eigenvalue weighted by Crippen LogP contribution is -2.41. The van der Waals surface area contributed by atoms with Crippen LogP contribution in [0.1, 0.15) is 71.6 Å². The number of hydrogen-bond donors (Lipinski definition) is 2. The van der Waals surface area contributed by atoms with Crippen LogP contribution in [0.5, 0.6) is 0 Å². The van der Waals surface area contributed by atoms with Crippen molar-refractivity contribution in [2.75, 3.05) is 13.1 Å². The Morgan fingerprint density at radius 3 is 2.37 bits per heavy atom. The third kappa shape index (κ3) is 6.05. The summed E-state index contributed by atoms with van der Waals surface area (Å²) in [6.45, 7) is 6.41. The van der Waals surface area contributed by atoms with E-state index in [-0.39, 0.29) is 6.17 Å². The van der Waals surface area contributed by atoms with Crippen LogP contribution in [0, 0.1) is 11.3 Å². The van der Waals surface area contributed by atoms with Gasteiger partial charge in [0.25, 0.3) is 0 Å². The van der Waals surface area contributed by atoms with Crippen LogP contribution >= 0.6 is 0 Å². The van der Waals surface area contributed by atoms with E-state index in [1.165, 1.54) is 32.1 Å². The smallest absolute Gasteiger partial charge is 0.0571 e. The standard InChI is InChI=1S/C16H33N3/c1-3-19(4-2)16(18)13-9-8-12-15(17)14-10-6-5-7-11-14/h14,16-17H,3-13,18H2,1-2H3. The summed E-state index contributed by atoms with van der Waals surface area (Å²) in [4.78, 5) is 2.31. The van der Waals surface area contributed by atoms with Gasteiger partial charge in [-0.25, -0.2) is 0 Å². The van der Waals surface area contributed by atoms with Crippen molar-refractivity contribution in [1.29, 1.82) is 5.41 Å². The largest absolute Gasteiger partial charge is 0.316 e. The molecule has 19 heavy (non-hydrogen) atoms. The number of unbranched alkanes of at least 4 members (excludes halogenated alkanes) is 1. The van der Waals surface area contributed by atoms with Gasteiger partial charge in [-0.15, -0.1) is 0 Å². The molecule has 0 radical (unpaired) electrons. The van der Waals surface area contributed by atoms with Crippen molar-refractivity contribution >= 4 is 5.71 Å². The molecule has 112 valence electrons.